The molecule has 2 aromatic heterocycles. The summed E-state index contributed by atoms with van der Waals surface area (Å²) in [4.78, 5) is 54.5. The summed E-state index contributed by atoms with van der Waals surface area (Å²) in [6.07, 6.45) is 7.06. The summed E-state index contributed by atoms with van der Waals surface area (Å²) in [6.45, 7) is 4.82. The molecule has 1 aromatic carbocycles. The first kappa shape index (κ1) is 35.2. The van der Waals surface area contributed by atoms with Crippen molar-refractivity contribution in [3.05, 3.63) is 47.5 Å². The number of hydrogen-bond donors (Lipinski definition) is 2. The topological polar surface area (TPSA) is 160 Å². The second kappa shape index (κ2) is 13.7. The Labute approximate surface area is 301 Å². The zero-order chi connectivity index (χ0) is 36.1. The van der Waals surface area contributed by atoms with Gasteiger partial charge in [0.1, 0.15) is 39.9 Å². The summed E-state index contributed by atoms with van der Waals surface area (Å²) in [5, 5.41) is 5.83. The quantitative estimate of drug-likeness (QED) is 0.316. The lowest BCUT2D eigenvalue weighted by atomic mass is 10.1. The maximum absolute atomic E-state index is 14.2. The molecular weight excluding hydrogens is 693 g/mol. The van der Waals surface area contributed by atoms with Gasteiger partial charge in [0.05, 0.1) is 30.1 Å². The number of amides is 4. The average molecular weight is 737 g/mol. The van der Waals surface area contributed by atoms with Gasteiger partial charge >= 0.3 is 6.03 Å². The molecule has 13 nitrogen and oxygen atoms in total. The predicted molar refractivity (Wildman–Crippen MR) is 193 cm³/mol. The first-order valence-corrected chi connectivity index (χ1v) is 20.0. The number of urea groups is 1. The molecule has 3 fully saturated rings. The molecule has 2 aliphatic carbocycles. The third kappa shape index (κ3) is 7.14. The average Bonchev–Trinajstić information content (AvgIpc) is 3.98. The molecule has 3 aromatic rings. The number of methoxy groups -OCH3 is 1. The van der Waals surface area contributed by atoms with Gasteiger partial charge in [-0.2, -0.15) is 0 Å². The van der Waals surface area contributed by atoms with Crippen LogP contribution in [-0.4, -0.2) is 96.2 Å². The smallest absolute Gasteiger partial charge is 0.320 e. The van der Waals surface area contributed by atoms with Gasteiger partial charge in [-0.3, -0.25) is 14.3 Å². The van der Waals surface area contributed by atoms with E-state index in [1.165, 1.54) is 16.2 Å². The minimum atomic E-state index is -3.83. The molecule has 0 spiro atoms. The fourth-order valence-corrected chi connectivity index (χ4v) is 9.16. The monoisotopic (exact) mass is 736 g/mol. The molecule has 272 valence electrons. The van der Waals surface area contributed by atoms with Crippen LogP contribution in [0.5, 0.6) is 11.5 Å². The molecule has 2 N–H and O–H groups in total. The third-order valence-corrected chi connectivity index (χ3v) is 12.9. The standard InChI is InChI=1S/C36H44N6O7S2/c1-21(2)29-20-50-33(38-29)28-17-31(26-13-10-23(48-4)15-27(26)37-28)49-24-16-30-32(43)39-36(34(44)40-51(46,47)25-11-12-25)18-22(36)9-7-5-6-8-14-41(3)35(45)42(30)19-24/h7,9-10,13,15,17,20-22,24-25,30H,5-6,8,11-12,14,16,18-19H2,1-4H3,(H,39,43)(H,40,44)/b9-7-/t22-,24?,30-,36-/m0/s1. The molecule has 2 saturated carbocycles. The molecule has 15 heteroatoms. The van der Waals surface area contributed by atoms with Gasteiger partial charge in [-0.05, 0) is 56.6 Å². The minimum absolute atomic E-state index is 0.129. The van der Waals surface area contributed by atoms with Gasteiger partial charge in [0.2, 0.25) is 15.9 Å². The molecule has 1 unspecified atom stereocenters. The summed E-state index contributed by atoms with van der Waals surface area (Å²) in [5.41, 5.74) is 0.829. The van der Waals surface area contributed by atoms with Crippen LogP contribution in [0.3, 0.4) is 0 Å². The van der Waals surface area contributed by atoms with Crippen LogP contribution in [0.15, 0.2) is 41.8 Å². The van der Waals surface area contributed by atoms with E-state index in [9.17, 15) is 22.8 Å². The number of thiazole rings is 1. The van der Waals surface area contributed by atoms with E-state index in [1.807, 2.05) is 41.8 Å². The zero-order valence-electron chi connectivity index (χ0n) is 29.3. The lowest BCUT2D eigenvalue weighted by Gasteiger charge is -2.30. The van der Waals surface area contributed by atoms with Gasteiger partial charge in [0.25, 0.3) is 5.91 Å². The van der Waals surface area contributed by atoms with Crippen molar-refractivity contribution in [1.82, 2.24) is 29.8 Å². The van der Waals surface area contributed by atoms with Gasteiger partial charge in [0.15, 0.2) is 0 Å². The molecule has 4 heterocycles. The molecule has 2 aliphatic heterocycles. The van der Waals surface area contributed by atoms with E-state index in [2.05, 4.69) is 23.9 Å². The number of allylic oxidation sites excluding steroid dienone is 1. The van der Waals surface area contributed by atoms with Crippen LogP contribution < -0.4 is 19.5 Å². The van der Waals surface area contributed by atoms with Gasteiger partial charge < -0.3 is 24.6 Å². The Bertz CT molecular complexity index is 1990. The molecule has 0 bridgehead atoms. The SMILES string of the molecule is COc1ccc2c(OC3C[C@H]4C(=O)N[C@@]5(C(=O)NS(=O)(=O)C6CC6)C[C@@H]5/C=C\CCCCN(C)C(=O)N4C3)cc(-c3nc(C(C)C)cs3)nc2c1. The maximum atomic E-state index is 14.2. The molecule has 0 radical (unpaired) electrons. The Hall–Kier alpha value is -4.24. The van der Waals surface area contributed by atoms with E-state index >= 15 is 0 Å². The first-order valence-electron chi connectivity index (χ1n) is 17.6. The number of ether oxygens (including phenoxy) is 2. The van der Waals surface area contributed by atoms with E-state index in [4.69, 9.17) is 19.4 Å². The van der Waals surface area contributed by atoms with Crippen LogP contribution in [0.4, 0.5) is 4.79 Å². The zero-order valence-corrected chi connectivity index (χ0v) is 30.9. The number of pyridine rings is 1. The second-order valence-electron chi connectivity index (χ2n) is 14.3. The van der Waals surface area contributed by atoms with E-state index in [0.29, 0.717) is 42.1 Å². The largest absolute Gasteiger partial charge is 0.497 e. The summed E-state index contributed by atoms with van der Waals surface area (Å²) in [7, 11) is -0.523. The van der Waals surface area contributed by atoms with Crippen molar-refractivity contribution in [2.75, 3.05) is 27.2 Å². The highest BCUT2D eigenvalue weighted by atomic mass is 32.2. The van der Waals surface area contributed by atoms with Crippen molar-refractivity contribution in [3.8, 4) is 22.2 Å². The van der Waals surface area contributed by atoms with Crippen molar-refractivity contribution in [1.29, 1.82) is 0 Å². The van der Waals surface area contributed by atoms with Gasteiger partial charge in [-0.25, -0.2) is 23.2 Å². The molecule has 51 heavy (non-hydrogen) atoms. The first-order chi connectivity index (χ1) is 24.4. The highest BCUT2D eigenvalue weighted by Gasteiger charge is 2.62. The number of nitrogens with one attached hydrogen (secondary N) is 2. The number of carbonyl (C=O) groups is 3. The van der Waals surface area contributed by atoms with Crippen LogP contribution in [0, 0.1) is 5.92 Å². The van der Waals surface area contributed by atoms with Crippen molar-refractivity contribution in [3.63, 3.8) is 0 Å². The number of fused-ring (bicyclic) bond motifs is 3. The highest BCUT2D eigenvalue weighted by Crippen LogP contribution is 2.46. The number of aromatic nitrogens is 2. The summed E-state index contributed by atoms with van der Waals surface area (Å²) < 4.78 is 39.9. The van der Waals surface area contributed by atoms with Crippen LogP contribution in [0.1, 0.15) is 70.4 Å². The second-order valence-corrected chi connectivity index (χ2v) is 17.2. The predicted octanol–water partition coefficient (Wildman–Crippen LogP) is 4.59. The molecule has 4 atom stereocenters. The van der Waals surface area contributed by atoms with Crippen molar-refractivity contribution in [2.24, 2.45) is 5.92 Å². The Morgan fingerprint density at radius 2 is 1.96 bits per heavy atom. The van der Waals surface area contributed by atoms with E-state index in [1.54, 1.807) is 19.1 Å². The number of benzene rings is 1. The normalized spacial score (nSPS) is 26.3. The molecule has 1 saturated heterocycles. The highest BCUT2D eigenvalue weighted by molar-refractivity contribution is 7.91. The minimum Gasteiger partial charge on any atom is -0.497 e. The maximum Gasteiger partial charge on any atom is 0.320 e. The Balaban J connectivity index is 1.19. The van der Waals surface area contributed by atoms with Crippen molar-refractivity contribution >= 4 is 50.1 Å². The molecule has 4 aliphatic rings. The summed E-state index contributed by atoms with van der Waals surface area (Å²) in [6, 6.07) is 6.11. The Kier molecular flexibility index (Phi) is 9.46. The van der Waals surface area contributed by atoms with Gasteiger partial charge in [-0.1, -0.05) is 26.0 Å². The van der Waals surface area contributed by atoms with Crippen LogP contribution in [0.25, 0.3) is 21.6 Å². The Morgan fingerprint density at radius 3 is 2.69 bits per heavy atom. The van der Waals surface area contributed by atoms with E-state index in [-0.39, 0.29) is 37.3 Å². The number of carbonyl (C=O) groups excluding carboxylic acids is 3. The van der Waals surface area contributed by atoms with Crippen molar-refractivity contribution < 1.29 is 32.3 Å². The van der Waals surface area contributed by atoms with Gasteiger partial charge in [-0.15, -0.1) is 11.3 Å². The fourth-order valence-electron chi connectivity index (χ4n) is 6.86. The van der Waals surface area contributed by atoms with Crippen molar-refractivity contribution in [2.45, 2.75) is 87.6 Å². The summed E-state index contributed by atoms with van der Waals surface area (Å²) in [5.74, 6) is -0.201. The molecule has 7 rings (SSSR count). The Morgan fingerprint density at radius 1 is 1.16 bits per heavy atom. The fraction of sp³-hybridized carbons (Fsp3) is 0.528. The van der Waals surface area contributed by atoms with E-state index in [0.717, 1.165) is 35.4 Å². The van der Waals surface area contributed by atoms with Crippen LogP contribution >= 0.6 is 11.3 Å². The molecule has 4 amide bonds. The third-order valence-electron chi connectivity index (χ3n) is 10.2. The number of sulfonamides is 1. The van der Waals surface area contributed by atoms with Crippen LogP contribution in [-0.2, 0) is 19.6 Å². The van der Waals surface area contributed by atoms with Crippen LogP contribution in [0.2, 0.25) is 0 Å². The van der Waals surface area contributed by atoms with E-state index < -0.39 is 44.8 Å². The lowest BCUT2D eigenvalue weighted by molar-refractivity contribution is -0.131. The number of nitrogens with zero attached hydrogens (tertiary/aromatic N) is 4. The van der Waals surface area contributed by atoms with Gasteiger partial charge in [0, 0.05) is 48.8 Å². The summed E-state index contributed by atoms with van der Waals surface area (Å²) >= 11 is 1.50. The lowest BCUT2D eigenvalue weighted by Crippen LogP contribution is -2.57. The number of hydrogen-bond acceptors (Lipinski definition) is 10. The number of rotatable bonds is 8. The molecular formula is C36H44N6O7S2.